The Morgan fingerprint density at radius 3 is 2.59 bits per heavy atom. The maximum absolute atomic E-state index is 11.8. The summed E-state index contributed by atoms with van der Waals surface area (Å²) in [5.41, 5.74) is 0.121. The quantitative estimate of drug-likeness (QED) is 0.575. The Morgan fingerprint density at radius 2 is 2.00 bits per heavy atom. The summed E-state index contributed by atoms with van der Waals surface area (Å²) in [5.74, 6) is -0.444. The first-order chi connectivity index (χ1) is 13.5. The lowest BCUT2D eigenvalue weighted by atomic mass is 9.59. The number of phenolic OH excluding ortho intramolecular Hbond substituents is 1. The molecule has 162 valence electrons. The Kier molecular flexibility index (Phi) is 6.03. The van der Waals surface area contributed by atoms with Gasteiger partial charge in [0.05, 0.1) is 29.5 Å². The molecule has 1 saturated carbocycles. The predicted octanol–water partition coefficient (Wildman–Crippen LogP) is 2.51. The van der Waals surface area contributed by atoms with Crippen LogP contribution in [0.25, 0.3) is 0 Å². The molecule has 0 bridgehead atoms. The van der Waals surface area contributed by atoms with Crippen LogP contribution < -0.4 is 4.90 Å². The highest BCUT2D eigenvalue weighted by molar-refractivity contribution is 5.56. The third kappa shape index (κ3) is 3.91. The SMILES string of the molecule is CO[C@@H]1[C@H](O)CC[C@]2(O)CN(c3ccc(C)c(O)c3)[C@@H](CC=C(C)C)[C@](C)(O)[C@@H]12. The zero-order chi connectivity index (χ0) is 21.6. The van der Waals surface area contributed by atoms with E-state index in [0.717, 1.165) is 16.8 Å². The van der Waals surface area contributed by atoms with Crippen molar-refractivity contribution in [3.8, 4) is 5.75 Å². The zero-order valence-electron chi connectivity index (χ0n) is 18.1. The van der Waals surface area contributed by atoms with E-state index in [4.69, 9.17) is 4.74 Å². The fourth-order valence-electron chi connectivity index (χ4n) is 5.28. The molecule has 1 heterocycles. The molecule has 2 aliphatic rings. The van der Waals surface area contributed by atoms with Crippen LogP contribution in [0.1, 0.15) is 45.6 Å². The van der Waals surface area contributed by atoms with Crippen LogP contribution in [0.3, 0.4) is 0 Å². The summed E-state index contributed by atoms with van der Waals surface area (Å²) in [6.07, 6.45) is 2.06. The first-order valence-electron chi connectivity index (χ1n) is 10.4. The van der Waals surface area contributed by atoms with Crippen LogP contribution in [0, 0.1) is 12.8 Å². The molecule has 6 nitrogen and oxygen atoms in total. The van der Waals surface area contributed by atoms with Crippen molar-refractivity contribution < 1.29 is 25.2 Å². The normalized spacial score (nSPS) is 37.2. The van der Waals surface area contributed by atoms with E-state index in [-0.39, 0.29) is 11.8 Å². The Hall–Kier alpha value is -1.60. The van der Waals surface area contributed by atoms with Crippen molar-refractivity contribution >= 4 is 5.69 Å². The molecule has 0 spiro atoms. The molecule has 1 aromatic rings. The predicted molar refractivity (Wildman–Crippen MR) is 113 cm³/mol. The second-order valence-corrected chi connectivity index (χ2v) is 9.25. The van der Waals surface area contributed by atoms with Gasteiger partial charge in [-0.25, -0.2) is 0 Å². The molecule has 1 aliphatic heterocycles. The van der Waals surface area contributed by atoms with Crippen molar-refractivity contribution in [2.24, 2.45) is 5.92 Å². The van der Waals surface area contributed by atoms with Gasteiger partial charge in [-0.3, -0.25) is 0 Å². The molecule has 0 amide bonds. The van der Waals surface area contributed by atoms with E-state index in [1.54, 1.807) is 13.0 Å². The number of β-amino-alcohol motifs (C(OH)–C–C–N with tert-alkyl or cyclic N) is 1. The number of hydrogen-bond donors (Lipinski definition) is 4. The highest BCUT2D eigenvalue weighted by Crippen LogP contribution is 2.50. The average Bonchev–Trinajstić information content (AvgIpc) is 2.63. The standard InChI is InChI=1S/C23H35NO5/c1-14(2)6-9-19-22(4,27)21-20(29-5)17(25)10-11-23(21,28)13-24(19)16-8-7-15(3)18(26)12-16/h6-8,12,17,19-21,25-28H,9-11,13H2,1-5H3/t17-,19+,20-,21-,22+,23+/m1/s1. The number of aryl methyl sites for hydroxylation is 1. The van der Waals surface area contributed by atoms with Crippen LogP contribution >= 0.6 is 0 Å². The van der Waals surface area contributed by atoms with Crippen LogP contribution in [0.2, 0.25) is 0 Å². The molecule has 3 rings (SSSR count). The Labute approximate surface area is 173 Å². The number of piperidine rings is 1. The zero-order valence-corrected chi connectivity index (χ0v) is 18.1. The maximum atomic E-state index is 11.8. The van der Waals surface area contributed by atoms with Gasteiger partial charge in [-0.2, -0.15) is 0 Å². The minimum atomic E-state index is -1.33. The Morgan fingerprint density at radius 1 is 1.31 bits per heavy atom. The Balaban J connectivity index is 2.10. The van der Waals surface area contributed by atoms with Crippen molar-refractivity contribution in [2.45, 2.75) is 76.4 Å². The number of ether oxygens (including phenoxy) is 1. The minimum Gasteiger partial charge on any atom is -0.508 e. The van der Waals surface area contributed by atoms with Gasteiger partial charge in [0.25, 0.3) is 0 Å². The van der Waals surface area contributed by atoms with Gasteiger partial charge in [-0.15, -0.1) is 0 Å². The summed E-state index contributed by atoms with van der Waals surface area (Å²) in [6.45, 7) is 7.89. The van der Waals surface area contributed by atoms with Crippen LogP contribution in [0.4, 0.5) is 5.69 Å². The van der Waals surface area contributed by atoms with E-state index >= 15 is 0 Å². The molecule has 1 saturated heterocycles. The summed E-state index contributed by atoms with van der Waals surface area (Å²) >= 11 is 0. The van der Waals surface area contributed by atoms with Gasteiger partial charge in [-0.05, 0) is 58.6 Å². The van der Waals surface area contributed by atoms with Crippen molar-refractivity contribution in [2.75, 3.05) is 18.6 Å². The largest absolute Gasteiger partial charge is 0.508 e. The molecule has 2 fully saturated rings. The lowest BCUT2D eigenvalue weighted by Crippen LogP contribution is -2.75. The number of phenols is 1. The van der Waals surface area contributed by atoms with Gasteiger partial charge in [0.15, 0.2) is 0 Å². The molecule has 0 aromatic heterocycles. The monoisotopic (exact) mass is 405 g/mol. The lowest BCUT2D eigenvalue weighted by molar-refractivity contribution is -0.232. The molecule has 0 unspecified atom stereocenters. The van der Waals surface area contributed by atoms with E-state index in [0.29, 0.717) is 25.8 Å². The topological polar surface area (TPSA) is 93.4 Å². The number of benzene rings is 1. The van der Waals surface area contributed by atoms with Gasteiger partial charge in [0.1, 0.15) is 5.75 Å². The van der Waals surface area contributed by atoms with Crippen LogP contribution in [0.15, 0.2) is 29.8 Å². The fourth-order valence-corrected chi connectivity index (χ4v) is 5.28. The van der Waals surface area contributed by atoms with Gasteiger partial charge in [0, 0.05) is 31.3 Å². The average molecular weight is 406 g/mol. The van der Waals surface area contributed by atoms with E-state index < -0.39 is 29.3 Å². The van der Waals surface area contributed by atoms with Gasteiger partial charge >= 0.3 is 0 Å². The summed E-state index contributed by atoms with van der Waals surface area (Å²) < 4.78 is 5.58. The smallest absolute Gasteiger partial charge is 0.120 e. The summed E-state index contributed by atoms with van der Waals surface area (Å²) in [6, 6.07) is 5.09. The third-order valence-electron chi connectivity index (χ3n) is 6.83. The molecule has 4 N–H and O–H groups in total. The van der Waals surface area contributed by atoms with Crippen LogP contribution in [0.5, 0.6) is 5.75 Å². The highest BCUT2D eigenvalue weighted by Gasteiger charge is 2.63. The van der Waals surface area contributed by atoms with E-state index in [1.807, 2.05) is 37.8 Å². The molecule has 6 atom stereocenters. The maximum Gasteiger partial charge on any atom is 0.120 e. The number of allylic oxidation sites excluding steroid dienone is 1. The number of aliphatic hydroxyl groups is 3. The number of aliphatic hydroxyl groups excluding tert-OH is 1. The lowest BCUT2D eigenvalue weighted by Gasteiger charge is -2.61. The van der Waals surface area contributed by atoms with Gasteiger partial charge < -0.3 is 30.1 Å². The van der Waals surface area contributed by atoms with Gasteiger partial charge in [0.2, 0.25) is 0 Å². The number of nitrogens with zero attached hydrogens (tertiary/aromatic N) is 1. The molecular formula is C23H35NO5. The van der Waals surface area contributed by atoms with Crippen LogP contribution in [-0.4, -0.2) is 63.5 Å². The van der Waals surface area contributed by atoms with E-state index in [1.165, 1.54) is 7.11 Å². The summed E-state index contributed by atoms with van der Waals surface area (Å²) in [4.78, 5) is 2.00. The molecule has 1 aromatic carbocycles. The van der Waals surface area contributed by atoms with Crippen molar-refractivity contribution in [1.82, 2.24) is 0 Å². The number of anilines is 1. The van der Waals surface area contributed by atoms with E-state index in [2.05, 4.69) is 6.08 Å². The number of fused-ring (bicyclic) bond motifs is 1. The second-order valence-electron chi connectivity index (χ2n) is 9.25. The first-order valence-corrected chi connectivity index (χ1v) is 10.4. The first kappa shape index (κ1) is 22.1. The number of aromatic hydroxyl groups is 1. The summed E-state index contributed by atoms with van der Waals surface area (Å²) in [7, 11) is 1.52. The molecule has 29 heavy (non-hydrogen) atoms. The van der Waals surface area contributed by atoms with Crippen molar-refractivity contribution in [1.29, 1.82) is 0 Å². The van der Waals surface area contributed by atoms with Crippen molar-refractivity contribution in [3.63, 3.8) is 0 Å². The van der Waals surface area contributed by atoms with Crippen LogP contribution in [-0.2, 0) is 4.74 Å². The molecular weight excluding hydrogens is 370 g/mol. The molecule has 1 aliphatic carbocycles. The number of methoxy groups -OCH3 is 1. The molecule has 0 radical (unpaired) electrons. The fraction of sp³-hybridized carbons (Fsp3) is 0.652. The second kappa shape index (κ2) is 7.91. The highest BCUT2D eigenvalue weighted by atomic mass is 16.5. The van der Waals surface area contributed by atoms with E-state index in [9.17, 15) is 20.4 Å². The Bertz CT molecular complexity index is 773. The minimum absolute atomic E-state index is 0.186. The van der Waals surface area contributed by atoms with Gasteiger partial charge in [-0.1, -0.05) is 17.7 Å². The number of rotatable bonds is 4. The molecule has 6 heteroatoms. The summed E-state index contributed by atoms with van der Waals surface area (Å²) in [5, 5.41) is 44.2. The van der Waals surface area contributed by atoms with Crippen molar-refractivity contribution in [3.05, 3.63) is 35.4 Å². The number of hydrogen-bond acceptors (Lipinski definition) is 6. The third-order valence-corrected chi connectivity index (χ3v) is 6.83.